The molecule has 0 bridgehead atoms. The molecule has 0 atom stereocenters. The molecule has 0 aliphatic rings. The fourth-order valence-corrected chi connectivity index (χ4v) is 3.27. The van der Waals surface area contributed by atoms with Crippen LogP contribution in [-0.2, 0) is 10.0 Å². The molecule has 0 saturated heterocycles. The summed E-state index contributed by atoms with van der Waals surface area (Å²) in [6.45, 7) is 0. The van der Waals surface area contributed by atoms with Gasteiger partial charge in [0.25, 0.3) is 10.0 Å². The second-order valence-corrected chi connectivity index (χ2v) is 8.21. The Kier molecular flexibility index (Phi) is 6.23. The van der Waals surface area contributed by atoms with E-state index in [1.807, 2.05) is 0 Å². The largest absolute Gasteiger partial charge is 0.423 e. The summed E-state index contributed by atoms with van der Waals surface area (Å²) in [5.74, 6) is -0.0977. The van der Waals surface area contributed by atoms with Crippen LogP contribution in [0.1, 0.15) is 15.9 Å². The number of hydrazone groups is 1. The van der Waals surface area contributed by atoms with Crippen LogP contribution in [0.3, 0.4) is 0 Å². The van der Waals surface area contributed by atoms with Gasteiger partial charge in [-0.05, 0) is 66.2 Å². The number of nitrogens with zero attached hydrogens (tertiary/aromatic N) is 1. The van der Waals surface area contributed by atoms with Crippen molar-refractivity contribution in [2.24, 2.45) is 5.10 Å². The molecule has 142 valence electrons. The molecule has 0 aromatic heterocycles. The molecule has 3 aromatic carbocycles. The van der Waals surface area contributed by atoms with Crippen molar-refractivity contribution in [2.45, 2.75) is 4.90 Å². The average Bonchev–Trinajstić information content (AvgIpc) is 2.70. The third-order valence-corrected chi connectivity index (χ3v) is 5.38. The summed E-state index contributed by atoms with van der Waals surface area (Å²) in [5.41, 5.74) is 1.07. The topological polar surface area (TPSA) is 84.8 Å². The Balaban J connectivity index is 1.60. The molecule has 3 rings (SSSR count). The van der Waals surface area contributed by atoms with Gasteiger partial charge in [-0.3, -0.25) is 0 Å². The highest BCUT2D eigenvalue weighted by Gasteiger charge is 2.11. The Hall–Kier alpha value is -2.97. The van der Waals surface area contributed by atoms with Gasteiger partial charge in [-0.25, -0.2) is 9.63 Å². The summed E-state index contributed by atoms with van der Waals surface area (Å²) >= 11 is 3.31. The van der Waals surface area contributed by atoms with E-state index in [2.05, 4.69) is 25.9 Å². The van der Waals surface area contributed by atoms with Gasteiger partial charge in [-0.15, -0.1) is 0 Å². The van der Waals surface area contributed by atoms with Crippen LogP contribution < -0.4 is 9.57 Å². The standard InChI is InChI=1S/C20H15BrN2O4S/c21-17-10-8-16(9-11-17)20(24)27-18-12-6-15(7-13-18)14-22-23-28(25,26)19-4-2-1-3-5-19/h1-14,23H. The maximum absolute atomic E-state index is 12.1. The molecule has 0 unspecified atom stereocenters. The smallest absolute Gasteiger partial charge is 0.343 e. The highest BCUT2D eigenvalue weighted by atomic mass is 79.9. The second-order valence-electron chi connectivity index (χ2n) is 5.63. The number of hydrogen-bond acceptors (Lipinski definition) is 5. The van der Waals surface area contributed by atoms with E-state index >= 15 is 0 Å². The van der Waals surface area contributed by atoms with E-state index in [1.54, 1.807) is 66.7 Å². The number of sulfonamides is 1. The van der Waals surface area contributed by atoms with Crippen LogP contribution in [0.15, 0.2) is 93.3 Å². The van der Waals surface area contributed by atoms with Crippen molar-refractivity contribution in [1.29, 1.82) is 0 Å². The number of benzene rings is 3. The molecule has 0 spiro atoms. The van der Waals surface area contributed by atoms with E-state index < -0.39 is 16.0 Å². The molecule has 3 aromatic rings. The molecular formula is C20H15BrN2O4S. The van der Waals surface area contributed by atoms with E-state index in [0.29, 0.717) is 16.9 Å². The fraction of sp³-hybridized carbons (Fsp3) is 0. The maximum atomic E-state index is 12.1. The van der Waals surface area contributed by atoms with Crippen molar-refractivity contribution in [3.63, 3.8) is 0 Å². The van der Waals surface area contributed by atoms with Crippen molar-refractivity contribution >= 4 is 38.1 Å². The first-order valence-electron chi connectivity index (χ1n) is 8.12. The fourth-order valence-electron chi connectivity index (χ4n) is 2.20. The number of carbonyl (C=O) groups is 1. The molecule has 1 N–H and O–H groups in total. The number of hydrogen-bond donors (Lipinski definition) is 1. The van der Waals surface area contributed by atoms with E-state index in [0.717, 1.165) is 4.47 Å². The molecule has 0 fully saturated rings. The summed E-state index contributed by atoms with van der Waals surface area (Å²) < 4.78 is 30.3. The molecule has 0 aliphatic carbocycles. The van der Waals surface area contributed by atoms with Crippen LogP contribution in [0.5, 0.6) is 5.75 Å². The minimum atomic E-state index is -3.71. The lowest BCUT2D eigenvalue weighted by Crippen LogP contribution is -2.18. The van der Waals surface area contributed by atoms with Crippen molar-refractivity contribution in [2.75, 3.05) is 0 Å². The summed E-state index contributed by atoms with van der Waals surface area (Å²) in [5, 5.41) is 3.76. The molecular weight excluding hydrogens is 444 g/mol. The quantitative estimate of drug-likeness (QED) is 0.262. The van der Waals surface area contributed by atoms with E-state index in [-0.39, 0.29) is 4.90 Å². The predicted octanol–water partition coefficient (Wildman–Crippen LogP) is 3.98. The van der Waals surface area contributed by atoms with E-state index in [9.17, 15) is 13.2 Å². The number of ether oxygens (including phenoxy) is 1. The predicted molar refractivity (Wildman–Crippen MR) is 110 cm³/mol. The van der Waals surface area contributed by atoms with Crippen LogP contribution in [-0.4, -0.2) is 20.6 Å². The summed E-state index contributed by atoms with van der Waals surface area (Å²) in [6.07, 6.45) is 1.36. The zero-order valence-corrected chi connectivity index (χ0v) is 16.9. The highest BCUT2D eigenvalue weighted by molar-refractivity contribution is 9.10. The first-order valence-corrected chi connectivity index (χ1v) is 10.4. The summed E-state index contributed by atoms with van der Waals surface area (Å²) in [6, 6.07) is 21.3. The lowest BCUT2D eigenvalue weighted by atomic mass is 10.2. The number of nitrogens with one attached hydrogen (secondary N) is 1. The van der Waals surface area contributed by atoms with Crippen LogP contribution in [0, 0.1) is 0 Å². The number of esters is 1. The lowest BCUT2D eigenvalue weighted by molar-refractivity contribution is 0.0734. The van der Waals surface area contributed by atoms with Gasteiger partial charge < -0.3 is 4.74 Å². The average molecular weight is 459 g/mol. The van der Waals surface area contributed by atoms with Crippen LogP contribution in [0.4, 0.5) is 0 Å². The number of halogens is 1. The molecule has 0 saturated carbocycles. The molecule has 0 amide bonds. The van der Waals surface area contributed by atoms with Crippen LogP contribution in [0.25, 0.3) is 0 Å². The van der Waals surface area contributed by atoms with Gasteiger partial charge in [-0.2, -0.15) is 13.5 Å². The second kappa shape index (κ2) is 8.81. The summed E-state index contributed by atoms with van der Waals surface area (Å²) in [4.78, 5) is 14.4. The zero-order chi connectivity index (χ0) is 20.0. The Morgan fingerprint density at radius 1 is 0.929 bits per heavy atom. The maximum Gasteiger partial charge on any atom is 0.343 e. The Bertz CT molecular complexity index is 1080. The van der Waals surface area contributed by atoms with Gasteiger partial charge in [0.05, 0.1) is 16.7 Å². The van der Waals surface area contributed by atoms with E-state index in [1.165, 1.54) is 18.3 Å². The van der Waals surface area contributed by atoms with Crippen molar-refractivity contribution < 1.29 is 17.9 Å². The zero-order valence-electron chi connectivity index (χ0n) is 14.4. The van der Waals surface area contributed by atoms with Crippen LogP contribution in [0.2, 0.25) is 0 Å². The Morgan fingerprint density at radius 3 is 2.21 bits per heavy atom. The minimum Gasteiger partial charge on any atom is -0.423 e. The van der Waals surface area contributed by atoms with Crippen molar-refractivity contribution in [3.8, 4) is 5.75 Å². The van der Waals surface area contributed by atoms with Gasteiger partial charge in [0, 0.05) is 4.47 Å². The lowest BCUT2D eigenvalue weighted by Gasteiger charge is -2.05. The van der Waals surface area contributed by atoms with Crippen LogP contribution >= 0.6 is 15.9 Å². The van der Waals surface area contributed by atoms with Gasteiger partial charge in [-0.1, -0.05) is 34.1 Å². The minimum absolute atomic E-state index is 0.127. The number of carbonyl (C=O) groups excluding carboxylic acids is 1. The SMILES string of the molecule is O=C(Oc1ccc(C=NNS(=O)(=O)c2ccccc2)cc1)c1ccc(Br)cc1. The van der Waals surface area contributed by atoms with Gasteiger partial charge >= 0.3 is 5.97 Å². The number of rotatable bonds is 6. The van der Waals surface area contributed by atoms with Gasteiger partial charge in [0.2, 0.25) is 0 Å². The Morgan fingerprint density at radius 2 is 1.57 bits per heavy atom. The Labute approximate surface area is 171 Å². The monoisotopic (exact) mass is 458 g/mol. The molecule has 8 heteroatoms. The summed E-state index contributed by atoms with van der Waals surface area (Å²) in [7, 11) is -3.71. The molecule has 6 nitrogen and oxygen atoms in total. The first kappa shape index (κ1) is 19.8. The van der Waals surface area contributed by atoms with Gasteiger partial charge in [0.1, 0.15) is 5.75 Å². The highest BCUT2D eigenvalue weighted by Crippen LogP contribution is 2.16. The molecule has 0 heterocycles. The normalized spacial score (nSPS) is 11.3. The molecule has 28 heavy (non-hydrogen) atoms. The first-order chi connectivity index (χ1) is 13.4. The van der Waals surface area contributed by atoms with Crippen molar-refractivity contribution in [3.05, 3.63) is 94.5 Å². The van der Waals surface area contributed by atoms with E-state index in [4.69, 9.17) is 4.74 Å². The van der Waals surface area contributed by atoms with Gasteiger partial charge in [0.15, 0.2) is 0 Å². The molecule has 0 radical (unpaired) electrons. The van der Waals surface area contributed by atoms with Crippen molar-refractivity contribution in [1.82, 2.24) is 4.83 Å². The third-order valence-electron chi connectivity index (χ3n) is 3.61. The third kappa shape index (κ3) is 5.28. The molecule has 0 aliphatic heterocycles.